The van der Waals surface area contributed by atoms with E-state index < -0.39 is 6.10 Å². The summed E-state index contributed by atoms with van der Waals surface area (Å²) in [5.41, 5.74) is 1.16. The van der Waals surface area contributed by atoms with Crippen LogP contribution in [0.2, 0.25) is 0 Å². The van der Waals surface area contributed by atoms with E-state index in [-0.39, 0.29) is 6.10 Å². The fourth-order valence-electron chi connectivity index (χ4n) is 1.86. The largest absolute Gasteiger partial charge is 0.385 e. The molecule has 1 saturated heterocycles. The Labute approximate surface area is 94.3 Å². The van der Waals surface area contributed by atoms with E-state index in [0.29, 0.717) is 6.61 Å². The van der Waals surface area contributed by atoms with Gasteiger partial charge in [-0.05, 0) is 31.0 Å². The highest BCUT2D eigenvalue weighted by molar-refractivity contribution is 7.10. The molecule has 1 aromatic rings. The van der Waals surface area contributed by atoms with E-state index in [1.165, 1.54) is 0 Å². The molecule has 84 valence electrons. The molecule has 0 radical (unpaired) electrons. The van der Waals surface area contributed by atoms with E-state index in [1.807, 2.05) is 18.4 Å². The van der Waals surface area contributed by atoms with E-state index in [2.05, 4.69) is 11.9 Å². The Morgan fingerprint density at radius 2 is 2.47 bits per heavy atom. The van der Waals surface area contributed by atoms with Gasteiger partial charge in [0.25, 0.3) is 0 Å². The molecule has 2 rings (SSSR count). The van der Waals surface area contributed by atoms with Crippen LogP contribution in [0.5, 0.6) is 0 Å². The third-order valence-corrected chi connectivity index (χ3v) is 3.91. The lowest BCUT2D eigenvalue weighted by molar-refractivity contribution is -0.0835. The number of hydrogen-bond acceptors (Lipinski definition) is 4. The minimum absolute atomic E-state index is 0.0823. The number of aliphatic hydroxyl groups excluding tert-OH is 1. The van der Waals surface area contributed by atoms with Gasteiger partial charge in [0, 0.05) is 18.0 Å². The maximum Gasteiger partial charge on any atom is 0.116 e. The molecule has 0 saturated carbocycles. The molecule has 1 aliphatic heterocycles. The number of nitrogens with zero attached hydrogens (tertiary/aromatic N) is 1. The van der Waals surface area contributed by atoms with Crippen molar-refractivity contribution < 1.29 is 9.84 Å². The molecule has 4 heteroatoms. The summed E-state index contributed by atoms with van der Waals surface area (Å²) in [4.78, 5) is 3.23. The quantitative estimate of drug-likeness (QED) is 0.829. The van der Waals surface area contributed by atoms with Gasteiger partial charge in [0.1, 0.15) is 12.2 Å². The van der Waals surface area contributed by atoms with Crippen LogP contribution in [0.4, 0.5) is 0 Å². The van der Waals surface area contributed by atoms with Crippen molar-refractivity contribution in [2.45, 2.75) is 19.1 Å². The first kappa shape index (κ1) is 11.1. The van der Waals surface area contributed by atoms with Crippen LogP contribution < -0.4 is 0 Å². The lowest BCUT2D eigenvalue weighted by atomic mass is 10.1. The standard InChI is InChI=1S/C11H17NO2S/c1-8-3-6-15-11(8)10(13)9-7-12(2)4-5-14-9/h3,6,9-10,13H,4-5,7H2,1-2H3. The highest BCUT2D eigenvalue weighted by Crippen LogP contribution is 2.28. The molecule has 0 spiro atoms. The normalized spacial score (nSPS) is 25.4. The Bertz CT molecular complexity index is 326. The van der Waals surface area contributed by atoms with Crippen molar-refractivity contribution in [2.75, 3.05) is 26.7 Å². The predicted molar refractivity (Wildman–Crippen MR) is 61.3 cm³/mol. The molecule has 2 unspecified atom stereocenters. The fourth-order valence-corrected chi connectivity index (χ4v) is 2.82. The summed E-state index contributed by atoms with van der Waals surface area (Å²) in [6.07, 6.45) is -0.561. The van der Waals surface area contributed by atoms with Crippen LogP contribution in [0.3, 0.4) is 0 Å². The molecule has 0 aromatic carbocycles. The van der Waals surface area contributed by atoms with Gasteiger partial charge >= 0.3 is 0 Å². The first-order chi connectivity index (χ1) is 7.18. The van der Waals surface area contributed by atoms with Crippen molar-refractivity contribution in [1.29, 1.82) is 0 Å². The first-order valence-corrected chi connectivity index (χ1v) is 6.08. The van der Waals surface area contributed by atoms with Crippen molar-refractivity contribution in [3.8, 4) is 0 Å². The van der Waals surface area contributed by atoms with E-state index >= 15 is 0 Å². The molecule has 0 amide bonds. The van der Waals surface area contributed by atoms with Gasteiger partial charge in [0.2, 0.25) is 0 Å². The molecule has 2 atom stereocenters. The van der Waals surface area contributed by atoms with Gasteiger partial charge in [-0.1, -0.05) is 0 Å². The molecular weight excluding hydrogens is 210 g/mol. The summed E-state index contributed by atoms with van der Waals surface area (Å²) in [6, 6.07) is 2.04. The second kappa shape index (κ2) is 4.61. The Kier molecular flexibility index (Phi) is 3.41. The van der Waals surface area contributed by atoms with Crippen molar-refractivity contribution in [1.82, 2.24) is 4.90 Å². The Balaban J connectivity index is 2.07. The van der Waals surface area contributed by atoms with Crippen LogP contribution in [0.15, 0.2) is 11.4 Å². The van der Waals surface area contributed by atoms with E-state index in [1.54, 1.807) is 11.3 Å². The SMILES string of the molecule is Cc1ccsc1C(O)C1CN(C)CCO1. The third kappa shape index (κ3) is 2.39. The number of hydrogen-bond donors (Lipinski definition) is 1. The summed E-state index contributed by atoms with van der Waals surface area (Å²) in [5.74, 6) is 0. The van der Waals surface area contributed by atoms with Crippen molar-refractivity contribution >= 4 is 11.3 Å². The maximum absolute atomic E-state index is 10.2. The van der Waals surface area contributed by atoms with Gasteiger partial charge in [-0.3, -0.25) is 0 Å². The molecule has 1 fully saturated rings. The van der Waals surface area contributed by atoms with Crippen LogP contribution in [-0.2, 0) is 4.74 Å². The molecule has 0 bridgehead atoms. The van der Waals surface area contributed by atoms with Gasteiger partial charge in [0.15, 0.2) is 0 Å². The fraction of sp³-hybridized carbons (Fsp3) is 0.636. The number of morpholine rings is 1. The Morgan fingerprint density at radius 1 is 1.67 bits per heavy atom. The van der Waals surface area contributed by atoms with Gasteiger partial charge < -0.3 is 14.7 Å². The summed E-state index contributed by atoms with van der Waals surface area (Å²) in [6.45, 7) is 4.50. The first-order valence-electron chi connectivity index (χ1n) is 5.20. The van der Waals surface area contributed by atoms with Gasteiger partial charge in [-0.25, -0.2) is 0 Å². The highest BCUT2D eigenvalue weighted by atomic mass is 32.1. The molecule has 3 nitrogen and oxygen atoms in total. The molecule has 15 heavy (non-hydrogen) atoms. The summed E-state index contributed by atoms with van der Waals surface area (Å²) in [7, 11) is 2.06. The van der Waals surface area contributed by atoms with E-state index in [4.69, 9.17) is 4.74 Å². The van der Waals surface area contributed by atoms with E-state index in [0.717, 1.165) is 23.5 Å². The smallest absolute Gasteiger partial charge is 0.116 e. The van der Waals surface area contributed by atoms with Crippen molar-refractivity contribution in [2.24, 2.45) is 0 Å². The second-order valence-corrected chi connectivity index (χ2v) is 5.03. The van der Waals surface area contributed by atoms with Crippen LogP contribution >= 0.6 is 11.3 Å². The Morgan fingerprint density at radius 3 is 3.07 bits per heavy atom. The third-order valence-electron chi connectivity index (χ3n) is 2.82. The molecular formula is C11H17NO2S. The van der Waals surface area contributed by atoms with Crippen LogP contribution in [-0.4, -0.2) is 42.9 Å². The highest BCUT2D eigenvalue weighted by Gasteiger charge is 2.27. The maximum atomic E-state index is 10.2. The number of thiophene rings is 1. The predicted octanol–water partition coefficient (Wildman–Crippen LogP) is 1.42. The van der Waals surface area contributed by atoms with Crippen molar-refractivity contribution in [3.63, 3.8) is 0 Å². The van der Waals surface area contributed by atoms with Crippen LogP contribution in [0, 0.1) is 6.92 Å². The number of aliphatic hydroxyl groups is 1. The number of rotatable bonds is 2. The lowest BCUT2D eigenvalue weighted by Gasteiger charge is -2.32. The summed E-state index contributed by atoms with van der Waals surface area (Å²) in [5, 5.41) is 12.2. The van der Waals surface area contributed by atoms with Crippen molar-refractivity contribution in [3.05, 3.63) is 21.9 Å². The number of ether oxygens (including phenoxy) is 1. The summed E-state index contributed by atoms with van der Waals surface area (Å²) < 4.78 is 5.60. The number of aryl methyl sites for hydroxylation is 1. The zero-order chi connectivity index (χ0) is 10.8. The zero-order valence-corrected chi connectivity index (χ0v) is 9.96. The van der Waals surface area contributed by atoms with Crippen LogP contribution in [0.1, 0.15) is 16.5 Å². The second-order valence-electron chi connectivity index (χ2n) is 4.08. The average Bonchev–Trinajstić information content (AvgIpc) is 2.63. The minimum atomic E-state index is -0.479. The topological polar surface area (TPSA) is 32.7 Å². The van der Waals surface area contributed by atoms with Gasteiger partial charge in [-0.15, -0.1) is 11.3 Å². The summed E-state index contributed by atoms with van der Waals surface area (Å²) >= 11 is 1.60. The molecule has 1 aromatic heterocycles. The molecule has 1 aliphatic rings. The number of likely N-dealkylation sites (N-methyl/N-ethyl adjacent to an activating group) is 1. The van der Waals surface area contributed by atoms with Gasteiger partial charge in [0.05, 0.1) is 6.61 Å². The molecule has 2 heterocycles. The zero-order valence-electron chi connectivity index (χ0n) is 9.14. The monoisotopic (exact) mass is 227 g/mol. The van der Waals surface area contributed by atoms with Gasteiger partial charge in [-0.2, -0.15) is 0 Å². The lowest BCUT2D eigenvalue weighted by Crippen LogP contribution is -2.42. The van der Waals surface area contributed by atoms with Crippen LogP contribution in [0.25, 0.3) is 0 Å². The molecule has 0 aliphatic carbocycles. The minimum Gasteiger partial charge on any atom is -0.385 e. The van der Waals surface area contributed by atoms with E-state index in [9.17, 15) is 5.11 Å². The molecule has 1 N–H and O–H groups in total. The average molecular weight is 227 g/mol. The Hall–Kier alpha value is -0.420.